The Bertz CT molecular complexity index is 682. The number of aromatic nitrogens is 2. The van der Waals surface area contributed by atoms with E-state index in [1.807, 2.05) is 12.1 Å². The maximum atomic E-state index is 12.2. The predicted molar refractivity (Wildman–Crippen MR) is 93.5 cm³/mol. The van der Waals surface area contributed by atoms with Crippen LogP contribution < -0.4 is 15.4 Å². The summed E-state index contributed by atoms with van der Waals surface area (Å²) >= 11 is 0. The highest BCUT2D eigenvalue weighted by atomic mass is 16.5. The van der Waals surface area contributed by atoms with Gasteiger partial charge in [0, 0.05) is 17.8 Å². The molecule has 3 rings (SSSR count). The summed E-state index contributed by atoms with van der Waals surface area (Å²) in [5.41, 5.74) is 0.942. The molecular weight excluding hydrogens is 304 g/mol. The highest BCUT2D eigenvalue weighted by molar-refractivity contribution is 6.02. The van der Waals surface area contributed by atoms with Gasteiger partial charge in [0.2, 0.25) is 0 Å². The number of anilines is 2. The van der Waals surface area contributed by atoms with Gasteiger partial charge < -0.3 is 15.4 Å². The average Bonchev–Trinajstić information content (AvgIpc) is 2.63. The van der Waals surface area contributed by atoms with Crippen molar-refractivity contribution in [3.63, 3.8) is 0 Å². The number of ether oxygens (including phenoxy) is 1. The number of amides is 1. The molecule has 1 aliphatic rings. The van der Waals surface area contributed by atoms with Gasteiger partial charge in [-0.15, -0.1) is 0 Å². The van der Waals surface area contributed by atoms with Crippen LogP contribution in [0.5, 0.6) is 5.75 Å². The maximum Gasteiger partial charge on any atom is 0.275 e. The summed E-state index contributed by atoms with van der Waals surface area (Å²) in [5, 5.41) is 6.18. The molecule has 0 saturated heterocycles. The molecule has 0 spiro atoms. The number of hydrogen-bond donors (Lipinski definition) is 2. The smallest absolute Gasteiger partial charge is 0.275 e. The number of hydrogen-bond acceptors (Lipinski definition) is 5. The summed E-state index contributed by atoms with van der Waals surface area (Å²) < 4.78 is 5.14. The summed E-state index contributed by atoms with van der Waals surface area (Å²) in [6, 6.07) is 7.65. The summed E-state index contributed by atoms with van der Waals surface area (Å²) in [7, 11) is 1.59. The first-order chi connectivity index (χ1) is 11.7. The molecule has 0 unspecified atom stereocenters. The first kappa shape index (κ1) is 16.2. The van der Waals surface area contributed by atoms with E-state index in [0.717, 1.165) is 5.82 Å². The monoisotopic (exact) mass is 326 g/mol. The van der Waals surface area contributed by atoms with E-state index in [0.29, 0.717) is 17.5 Å². The van der Waals surface area contributed by atoms with Crippen molar-refractivity contribution in [1.82, 2.24) is 9.97 Å². The zero-order valence-electron chi connectivity index (χ0n) is 13.8. The third kappa shape index (κ3) is 4.22. The number of nitrogens with one attached hydrogen (secondary N) is 2. The molecule has 1 amide bonds. The lowest BCUT2D eigenvalue weighted by Crippen LogP contribution is -2.23. The van der Waals surface area contributed by atoms with E-state index in [1.54, 1.807) is 25.4 Å². The first-order valence-corrected chi connectivity index (χ1v) is 8.28. The molecule has 6 nitrogen and oxygen atoms in total. The first-order valence-electron chi connectivity index (χ1n) is 8.28. The molecule has 0 radical (unpaired) electrons. The van der Waals surface area contributed by atoms with E-state index in [-0.39, 0.29) is 11.6 Å². The Kier molecular flexibility index (Phi) is 5.25. The lowest BCUT2D eigenvalue weighted by atomic mass is 9.96. The van der Waals surface area contributed by atoms with Crippen LogP contribution in [0.2, 0.25) is 0 Å². The number of benzene rings is 1. The fourth-order valence-corrected chi connectivity index (χ4v) is 2.87. The Morgan fingerprint density at radius 2 is 2.00 bits per heavy atom. The van der Waals surface area contributed by atoms with Crippen molar-refractivity contribution < 1.29 is 9.53 Å². The second kappa shape index (κ2) is 7.77. The molecule has 1 saturated carbocycles. The van der Waals surface area contributed by atoms with Gasteiger partial charge in [-0.1, -0.05) is 25.3 Å². The molecule has 2 N–H and O–H groups in total. The predicted octanol–water partition coefficient (Wildman–Crippen LogP) is 3.48. The van der Waals surface area contributed by atoms with Gasteiger partial charge in [0.25, 0.3) is 5.91 Å². The fourth-order valence-electron chi connectivity index (χ4n) is 2.87. The van der Waals surface area contributed by atoms with Gasteiger partial charge >= 0.3 is 0 Å². The lowest BCUT2D eigenvalue weighted by Gasteiger charge is -2.23. The van der Waals surface area contributed by atoms with Gasteiger partial charge in [-0.2, -0.15) is 0 Å². The van der Waals surface area contributed by atoms with Crippen molar-refractivity contribution in [2.45, 2.75) is 38.1 Å². The average molecular weight is 326 g/mol. The van der Waals surface area contributed by atoms with Gasteiger partial charge in [-0.3, -0.25) is 4.79 Å². The Morgan fingerprint density at radius 1 is 1.17 bits per heavy atom. The van der Waals surface area contributed by atoms with Crippen LogP contribution in [0.25, 0.3) is 0 Å². The van der Waals surface area contributed by atoms with E-state index in [4.69, 9.17) is 4.74 Å². The van der Waals surface area contributed by atoms with Crippen LogP contribution in [-0.4, -0.2) is 29.0 Å². The van der Waals surface area contributed by atoms with Crippen molar-refractivity contribution >= 4 is 17.4 Å². The minimum Gasteiger partial charge on any atom is -0.497 e. The highest BCUT2D eigenvalue weighted by Crippen LogP contribution is 2.21. The number of methoxy groups -OCH3 is 1. The maximum absolute atomic E-state index is 12.2. The Balaban J connectivity index is 1.60. The minimum atomic E-state index is -0.292. The second-order valence-corrected chi connectivity index (χ2v) is 5.95. The molecule has 0 aliphatic heterocycles. The molecule has 1 aliphatic carbocycles. The molecule has 1 aromatic carbocycles. The van der Waals surface area contributed by atoms with Crippen LogP contribution >= 0.6 is 0 Å². The van der Waals surface area contributed by atoms with Crippen LogP contribution in [0.15, 0.2) is 36.7 Å². The van der Waals surface area contributed by atoms with Crippen LogP contribution in [0, 0.1) is 0 Å². The van der Waals surface area contributed by atoms with Crippen LogP contribution in [0.1, 0.15) is 42.6 Å². The molecule has 1 heterocycles. The second-order valence-electron chi connectivity index (χ2n) is 5.95. The Labute approximate surface area is 141 Å². The van der Waals surface area contributed by atoms with Gasteiger partial charge in [0.1, 0.15) is 17.3 Å². The Morgan fingerprint density at radius 3 is 2.71 bits per heavy atom. The van der Waals surface area contributed by atoms with Gasteiger partial charge in [-0.05, 0) is 25.0 Å². The van der Waals surface area contributed by atoms with Gasteiger partial charge in [0.05, 0.1) is 19.5 Å². The van der Waals surface area contributed by atoms with E-state index >= 15 is 0 Å². The standard InChI is InChI=1S/C18H22N4O2/c1-24-15-9-5-8-14(10-15)22-18(23)16-11-20-17(12-19-16)21-13-6-3-2-4-7-13/h5,8-13H,2-4,6-7H2,1H3,(H,20,21)(H,22,23). The van der Waals surface area contributed by atoms with Crippen molar-refractivity contribution in [3.8, 4) is 5.75 Å². The minimum absolute atomic E-state index is 0.284. The highest BCUT2D eigenvalue weighted by Gasteiger charge is 2.14. The number of carbonyl (C=O) groups is 1. The molecule has 126 valence electrons. The molecular formula is C18H22N4O2. The fraction of sp³-hybridized carbons (Fsp3) is 0.389. The molecule has 1 aromatic heterocycles. The number of rotatable bonds is 5. The topological polar surface area (TPSA) is 76.1 Å². The van der Waals surface area contributed by atoms with E-state index in [9.17, 15) is 4.79 Å². The molecule has 0 bridgehead atoms. The van der Waals surface area contributed by atoms with Gasteiger partial charge in [-0.25, -0.2) is 9.97 Å². The summed E-state index contributed by atoms with van der Waals surface area (Å²) in [6.07, 6.45) is 9.28. The third-order valence-corrected chi connectivity index (χ3v) is 4.17. The normalized spacial score (nSPS) is 14.9. The molecule has 6 heteroatoms. The summed E-state index contributed by atoms with van der Waals surface area (Å²) in [4.78, 5) is 20.8. The van der Waals surface area contributed by atoms with Crippen molar-refractivity contribution in [3.05, 3.63) is 42.4 Å². The summed E-state index contributed by atoms with van der Waals surface area (Å²) in [6.45, 7) is 0. The van der Waals surface area contributed by atoms with Crippen LogP contribution in [-0.2, 0) is 0 Å². The molecule has 1 fully saturated rings. The van der Waals surface area contributed by atoms with Crippen LogP contribution in [0.4, 0.5) is 11.5 Å². The zero-order valence-corrected chi connectivity index (χ0v) is 13.8. The molecule has 0 atom stereocenters. The zero-order chi connectivity index (χ0) is 16.8. The lowest BCUT2D eigenvalue weighted by molar-refractivity contribution is 0.102. The Hall–Kier alpha value is -2.63. The third-order valence-electron chi connectivity index (χ3n) is 4.17. The van der Waals surface area contributed by atoms with Crippen molar-refractivity contribution in [2.24, 2.45) is 0 Å². The quantitative estimate of drug-likeness (QED) is 0.879. The molecule has 2 aromatic rings. The number of carbonyl (C=O) groups excluding carboxylic acids is 1. The number of nitrogens with zero attached hydrogens (tertiary/aromatic N) is 2. The largest absolute Gasteiger partial charge is 0.497 e. The van der Waals surface area contributed by atoms with E-state index in [2.05, 4.69) is 20.6 Å². The van der Waals surface area contributed by atoms with Gasteiger partial charge in [0.15, 0.2) is 0 Å². The van der Waals surface area contributed by atoms with Crippen LogP contribution in [0.3, 0.4) is 0 Å². The van der Waals surface area contributed by atoms with E-state index < -0.39 is 0 Å². The van der Waals surface area contributed by atoms with E-state index in [1.165, 1.54) is 38.3 Å². The van der Waals surface area contributed by atoms with Crippen molar-refractivity contribution in [2.75, 3.05) is 17.7 Å². The molecule has 24 heavy (non-hydrogen) atoms. The van der Waals surface area contributed by atoms with Crippen molar-refractivity contribution in [1.29, 1.82) is 0 Å². The summed E-state index contributed by atoms with van der Waals surface area (Å²) in [5.74, 6) is 1.12. The SMILES string of the molecule is COc1cccc(NC(=O)c2cnc(NC3CCCCC3)cn2)c1.